The van der Waals surface area contributed by atoms with Crippen LogP contribution in [0.4, 0.5) is 0 Å². The molecule has 1 aromatic carbocycles. The molecule has 3 heterocycles. The number of benzene rings is 1. The molecule has 0 fully saturated rings. The van der Waals surface area contributed by atoms with Crippen LogP contribution in [0, 0.1) is 13.8 Å². The Kier molecular flexibility index (Phi) is 4.59. The zero-order valence-electron chi connectivity index (χ0n) is 17.0. The van der Waals surface area contributed by atoms with Gasteiger partial charge in [0.1, 0.15) is 16.9 Å². The van der Waals surface area contributed by atoms with Gasteiger partial charge in [-0.1, -0.05) is 30.3 Å². The Balaban J connectivity index is 1.57. The predicted molar refractivity (Wildman–Crippen MR) is 118 cm³/mol. The Bertz CT molecular complexity index is 1410. The lowest BCUT2D eigenvalue weighted by Gasteiger charge is -2.08. The Labute approximate surface area is 181 Å². The number of fused-ring (bicyclic) bond motifs is 2. The third-order valence-corrected chi connectivity index (χ3v) is 6.60. The molecule has 0 spiro atoms. The van der Waals surface area contributed by atoms with Gasteiger partial charge in [0.15, 0.2) is 11.5 Å². The molecule has 1 amide bonds. The Morgan fingerprint density at radius 1 is 1.13 bits per heavy atom. The van der Waals surface area contributed by atoms with Crippen LogP contribution >= 0.6 is 11.3 Å². The molecule has 0 radical (unpaired) electrons. The van der Waals surface area contributed by atoms with Crippen LogP contribution in [0.15, 0.2) is 45.9 Å². The van der Waals surface area contributed by atoms with E-state index in [0.717, 1.165) is 20.7 Å². The number of aryl methyl sites for hydroxylation is 2. The minimum atomic E-state index is -0.587. The van der Waals surface area contributed by atoms with E-state index in [0.29, 0.717) is 46.4 Å². The highest BCUT2D eigenvalue weighted by molar-refractivity contribution is 7.19. The number of rotatable bonds is 3. The lowest BCUT2D eigenvalue weighted by atomic mass is 9.94. The van der Waals surface area contributed by atoms with Gasteiger partial charge in [-0.2, -0.15) is 0 Å². The molecular formula is C23H19N3O4S. The van der Waals surface area contributed by atoms with Crippen LogP contribution in [-0.2, 0) is 6.42 Å². The normalized spacial score (nSPS) is 13.4. The first-order valence-electron chi connectivity index (χ1n) is 9.98. The van der Waals surface area contributed by atoms with Gasteiger partial charge in [-0.3, -0.25) is 19.8 Å². The summed E-state index contributed by atoms with van der Waals surface area (Å²) in [6.45, 7) is 3.64. The minimum Gasteiger partial charge on any atom is -0.455 e. The van der Waals surface area contributed by atoms with Crippen LogP contribution in [-0.4, -0.2) is 21.4 Å². The number of hydrogen-bond acceptors (Lipinski definition) is 6. The molecule has 1 aliphatic rings. The highest BCUT2D eigenvalue weighted by Crippen LogP contribution is 2.35. The maximum atomic E-state index is 13.3. The molecule has 0 aliphatic heterocycles. The second-order valence-electron chi connectivity index (χ2n) is 7.57. The highest BCUT2D eigenvalue weighted by atomic mass is 32.1. The zero-order valence-corrected chi connectivity index (χ0v) is 17.8. The fourth-order valence-corrected chi connectivity index (χ4v) is 5.16. The van der Waals surface area contributed by atoms with Gasteiger partial charge in [-0.05, 0) is 25.8 Å². The third-order valence-electron chi connectivity index (χ3n) is 5.59. The predicted octanol–water partition coefficient (Wildman–Crippen LogP) is 4.24. The van der Waals surface area contributed by atoms with Crippen molar-refractivity contribution in [3.8, 4) is 11.1 Å². The number of ketones is 1. The lowest BCUT2D eigenvalue weighted by Crippen LogP contribution is -2.33. The molecule has 8 heteroatoms. The molecule has 1 aliphatic carbocycles. The van der Waals surface area contributed by atoms with Gasteiger partial charge in [0.05, 0.1) is 10.9 Å². The number of aromatic nitrogens is 2. The highest BCUT2D eigenvalue weighted by Gasteiger charge is 2.29. The first-order chi connectivity index (χ1) is 15.0. The summed E-state index contributed by atoms with van der Waals surface area (Å²) < 4.78 is 6.77. The van der Waals surface area contributed by atoms with Crippen molar-refractivity contribution in [1.82, 2.24) is 9.66 Å². The molecule has 0 bridgehead atoms. The molecule has 0 saturated carbocycles. The molecule has 3 aromatic heterocycles. The van der Waals surface area contributed by atoms with Gasteiger partial charge >= 0.3 is 5.91 Å². The standard InChI is InChI=1S/C23H19N3O4S/c1-12-17-15(27)9-6-10-16(17)30-20(12)21(28)25-26-11-24-22-19(23(26)29)18(13(2)31-22)14-7-4-3-5-8-14/h3-5,7-8,11H,6,9-10H2,1-2H3,(H,25,28). The van der Waals surface area contributed by atoms with Gasteiger partial charge in [-0.15, -0.1) is 11.3 Å². The van der Waals surface area contributed by atoms with Crippen molar-refractivity contribution >= 4 is 33.2 Å². The van der Waals surface area contributed by atoms with E-state index in [9.17, 15) is 14.4 Å². The van der Waals surface area contributed by atoms with E-state index in [-0.39, 0.29) is 17.1 Å². The third kappa shape index (κ3) is 3.11. The van der Waals surface area contributed by atoms with Crippen LogP contribution in [0.2, 0.25) is 0 Å². The van der Waals surface area contributed by atoms with Crippen molar-refractivity contribution in [3.63, 3.8) is 0 Å². The molecule has 0 unspecified atom stereocenters. The van der Waals surface area contributed by atoms with Crippen LogP contribution in [0.25, 0.3) is 21.3 Å². The minimum absolute atomic E-state index is 0.0111. The summed E-state index contributed by atoms with van der Waals surface area (Å²) in [5.41, 5.74) is 4.95. The number of carbonyl (C=O) groups is 2. The molecule has 1 N–H and O–H groups in total. The Morgan fingerprint density at radius 3 is 2.65 bits per heavy atom. The number of carbonyl (C=O) groups excluding carboxylic acids is 2. The number of furan rings is 1. The SMILES string of the molecule is Cc1sc2ncn(NC(=O)c3oc4c(c3C)C(=O)CCC4)c(=O)c2c1-c1ccccc1. The summed E-state index contributed by atoms with van der Waals surface area (Å²) in [5.74, 6) is -0.00380. The van der Waals surface area contributed by atoms with Gasteiger partial charge in [0, 0.05) is 28.8 Å². The summed E-state index contributed by atoms with van der Waals surface area (Å²) in [6, 6.07) is 9.63. The number of amides is 1. The van der Waals surface area contributed by atoms with E-state index in [1.165, 1.54) is 17.7 Å². The van der Waals surface area contributed by atoms with Crippen molar-refractivity contribution in [2.75, 3.05) is 5.43 Å². The van der Waals surface area contributed by atoms with Gasteiger partial charge in [0.2, 0.25) is 0 Å². The summed E-state index contributed by atoms with van der Waals surface area (Å²) in [7, 11) is 0. The molecular weight excluding hydrogens is 414 g/mol. The first-order valence-corrected chi connectivity index (χ1v) is 10.8. The van der Waals surface area contributed by atoms with Crippen LogP contribution in [0.3, 0.4) is 0 Å². The van der Waals surface area contributed by atoms with E-state index in [1.807, 2.05) is 37.3 Å². The number of thiophene rings is 1. The van der Waals surface area contributed by atoms with Crippen molar-refractivity contribution in [2.24, 2.45) is 0 Å². The maximum Gasteiger partial charge on any atom is 0.306 e. The molecule has 7 nitrogen and oxygen atoms in total. The largest absolute Gasteiger partial charge is 0.455 e. The molecule has 0 atom stereocenters. The second kappa shape index (κ2) is 7.31. The van der Waals surface area contributed by atoms with Crippen LogP contribution in [0.1, 0.15) is 50.0 Å². The van der Waals surface area contributed by atoms with E-state index in [1.54, 1.807) is 6.92 Å². The summed E-state index contributed by atoms with van der Waals surface area (Å²) in [6.07, 6.45) is 3.09. The number of Topliss-reactive ketones (excluding diaryl/α,β-unsaturated/α-hetero) is 1. The average molecular weight is 433 g/mol. The summed E-state index contributed by atoms with van der Waals surface area (Å²) in [4.78, 5) is 44.4. The Morgan fingerprint density at radius 2 is 1.90 bits per heavy atom. The number of hydrogen-bond donors (Lipinski definition) is 1. The van der Waals surface area contributed by atoms with Crippen molar-refractivity contribution in [3.05, 3.63) is 74.5 Å². The zero-order chi connectivity index (χ0) is 21.7. The lowest BCUT2D eigenvalue weighted by molar-refractivity contribution is 0.0959. The van der Waals surface area contributed by atoms with Crippen LogP contribution in [0.5, 0.6) is 0 Å². The quantitative estimate of drug-likeness (QED) is 0.522. The Hall–Kier alpha value is -3.52. The fourth-order valence-electron chi connectivity index (χ4n) is 4.16. The van der Waals surface area contributed by atoms with Crippen LogP contribution < -0.4 is 11.0 Å². The van der Waals surface area contributed by atoms with E-state index >= 15 is 0 Å². The average Bonchev–Trinajstić information content (AvgIpc) is 3.28. The molecule has 5 rings (SSSR count). The monoisotopic (exact) mass is 433 g/mol. The smallest absolute Gasteiger partial charge is 0.306 e. The van der Waals surface area contributed by atoms with Gasteiger partial charge < -0.3 is 4.42 Å². The second-order valence-corrected chi connectivity index (χ2v) is 8.77. The molecule has 4 aromatic rings. The maximum absolute atomic E-state index is 13.3. The van der Waals surface area contributed by atoms with Crippen molar-refractivity contribution in [1.29, 1.82) is 0 Å². The first kappa shape index (κ1) is 19.4. The van der Waals surface area contributed by atoms with Crippen molar-refractivity contribution < 1.29 is 14.0 Å². The van der Waals surface area contributed by atoms with E-state index < -0.39 is 5.91 Å². The number of nitrogens with zero attached hydrogens (tertiary/aromatic N) is 2. The van der Waals surface area contributed by atoms with E-state index in [4.69, 9.17) is 4.42 Å². The molecule has 156 valence electrons. The summed E-state index contributed by atoms with van der Waals surface area (Å²) in [5, 5.41) is 0.460. The van der Waals surface area contributed by atoms with Gasteiger partial charge in [-0.25, -0.2) is 9.66 Å². The van der Waals surface area contributed by atoms with E-state index in [2.05, 4.69) is 10.4 Å². The molecule has 31 heavy (non-hydrogen) atoms. The fraction of sp³-hybridized carbons (Fsp3) is 0.217. The number of nitrogens with one attached hydrogen (secondary N) is 1. The molecule has 0 saturated heterocycles. The topological polar surface area (TPSA) is 94.2 Å². The summed E-state index contributed by atoms with van der Waals surface area (Å²) >= 11 is 1.44. The van der Waals surface area contributed by atoms with Gasteiger partial charge in [0.25, 0.3) is 5.56 Å². The van der Waals surface area contributed by atoms with Crippen molar-refractivity contribution in [2.45, 2.75) is 33.1 Å².